The monoisotopic (exact) mass is 326 g/mol. The lowest BCUT2D eigenvalue weighted by Crippen LogP contribution is -2.20. The summed E-state index contributed by atoms with van der Waals surface area (Å²) in [5, 5.41) is 2.79. The van der Waals surface area contributed by atoms with Crippen LogP contribution in [0.3, 0.4) is 0 Å². The molecule has 19 heavy (non-hydrogen) atoms. The Balaban J connectivity index is 1.68. The number of nitrogens with one attached hydrogen (secondary N) is 1. The molecule has 0 spiro atoms. The van der Waals surface area contributed by atoms with Gasteiger partial charge in [-0.2, -0.15) is 0 Å². The fourth-order valence-electron chi connectivity index (χ4n) is 2.02. The van der Waals surface area contributed by atoms with Crippen molar-refractivity contribution in [1.82, 2.24) is 0 Å². The van der Waals surface area contributed by atoms with Crippen LogP contribution in [-0.2, 0) is 9.53 Å². The SMILES string of the molecule is Nc1ccc(NC(=O)COCCC2CCC2)c(Br)c1. The van der Waals surface area contributed by atoms with Crippen LogP contribution >= 0.6 is 15.9 Å². The van der Waals surface area contributed by atoms with Crippen LogP contribution in [0.5, 0.6) is 0 Å². The summed E-state index contributed by atoms with van der Waals surface area (Å²) in [6, 6.07) is 5.27. The lowest BCUT2D eigenvalue weighted by atomic mass is 9.83. The minimum absolute atomic E-state index is 0.101. The summed E-state index contributed by atoms with van der Waals surface area (Å²) in [5.41, 5.74) is 7.00. The molecular formula is C14H19BrN2O2. The lowest BCUT2D eigenvalue weighted by Gasteiger charge is -2.24. The molecule has 1 amide bonds. The highest BCUT2D eigenvalue weighted by molar-refractivity contribution is 9.10. The summed E-state index contributed by atoms with van der Waals surface area (Å²) in [7, 11) is 0. The van der Waals surface area contributed by atoms with E-state index in [4.69, 9.17) is 10.5 Å². The van der Waals surface area contributed by atoms with Crippen LogP contribution in [0.25, 0.3) is 0 Å². The van der Waals surface area contributed by atoms with Crippen molar-refractivity contribution in [3.05, 3.63) is 22.7 Å². The zero-order valence-electron chi connectivity index (χ0n) is 10.8. The second kappa shape index (κ2) is 6.91. The molecule has 1 fully saturated rings. The third-order valence-electron chi connectivity index (χ3n) is 3.40. The molecule has 1 aliphatic carbocycles. The number of hydrogen-bond donors (Lipinski definition) is 2. The molecule has 0 heterocycles. The zero-order chi connectivity index (χ0) is 13.7. The molecule has 0 radical (unpaired) electrons. The molecule has 5 heteroatoms. The number of anilines is 2. The number of benzene rings is 1. The summed E-state index contributed by atoms with van der Waals surface area (Å²) >= 11 is 3.36. The largest absolute Gasteiger partial charge is 0.399 e. The Kier molecular flexibility index (Phi) is 5.22. The van der Waals surface area contributed by atoms with Gasteiger partial charge in [0, 0.05) is 16.8 Å². The maximum atomic E-state index is 11.7. The Morgan fingerprint density at radius 2 is 2.26 bits per heavy atom. The van der Waals surface area contributed by atoms with E-state index in [-0.39, 0.29) is 12.5 Å². The standard InChI is InChI=1S/C14H19BrN2O2/c15-12-8-11(16)4-5-13(12)17-14(18)9-19-7-6-10-2-1-3-10/h4-5,8,10H,1-3,6-7,9,16H2,(H,17,18). The van der Waals surface area contributed by atoms with Gasteiger partial charge in [-0.15, -0.1) is 0 Å². The van der Waals surface area contributed by atoms with E-state index in [1.165, 1.54) is 19.3 Å². The van der Waals surface area contributed by atoms with Crippen molar-refractivity contribution in [2.75, 3.05) is 24.3 Å². The van der Waals surface area contributed by atoms with E-state index >= 15 is 0 Å². The average Bonchev–Trinajstić information content (AvgIpc) is 2.30. The quantitative estimate of drug-likeness (QED) is 0.623. The number of hydrogen-bond acceptors (Lipinski definition) is 3. The normalized spacial score (nSPS) is 15.0. The van der Waals surface area contributed by atoms with Gasteiger partial charge in [0.2, 0.25) is 5.91 Å². The lowest BCUT2D eigenvalue weighted by molar-refractivity contribution is -0.120. The van der Waals surface area contributed by atoms with Gasteiger partial charge in [0.25, 0.3) is 0 Å². The highest BCUT2D eigenvalue weighted by Crippen LogP contribution is 2.29. The first kappa shape index (κ1) is 14.3. The molecule has 104 valence electrons. The van der Waals surface area contributed by atoms with Crippen LogP contribution in [0, 0.1) is 5.92 Å². The van der Waals surface area contributed by atoms with Crippen molar-refractivity contribution in [1.29, 1.82) is 0 Å². The van der Waals surface area contributed by atoms with E-state index in [2.05, 4.69) is 21.2 Å². The number of carbonyl (C=O) groups excluding carboxylic acids is 1. The third kappa shape index (κ3) is 4.51. The predicted molar refractivity (Wildman–Crippen MR) is 80.0 cm³/mol. The first-order valence-electron chi connectivity index (χ1n) is 6.58. The third-order valence-corrected chi connectivity index (χ3v) is 4.05. The zero-order valence-corrected chi connectivity index (χ0v) is 12.4. The van der Waals surface area contributed by atoms with E-state index in [1.807, 2.05) is 0 Å². The second-order valence-electron chi connectivity index (χ2n) is 4.93. The van der Waals surface area contributed by atoms with E-state index in [0.717, 1.165) is 16.8 Å². The van der Waals surface area contributed by atoms with E-state index in [1.54, 1.807) is 18.2 Å². The summed E-state index contributed by atoms with van der Waals surface area (Å²) in [4.78, 5) is 11.7. The van der Waals surface area contributed by atoms with Crippen molar-refractivity contribution in [2.24, 2.45) is 5.92 Å². The number of carbonyl (C=O) groups is 1. The number of halogens is 1. The van der Waals surface area contributed by atoms with Crippen LogP contribution in [0.4, 0.5) is 11.4 Å². The molecule has 4 nitrogen and oxygen atoms in total. The molecule has 0 aromatic heterocycles. The molecule has 1 saturated carbocycles. The minimum Gasteiger partial charge on any atom is -0.399 e. The highest BCUT2D eigenvalue weighted by atomic mass is 79.9. The number of nitrogen functional groups attached to an aromatic ring is 1. The molecular weight excluding hydrogens is 308 g/mol. The van der Waals surface area contributed by atoms with E-state index in [0.29, 0.717) is 18.0 Å². The van der Waals surface area contributed by atoms with Gasteiger partial charge < -0.3 is 15.8 Å². The smallest absolute Gasteiger partial charge is 0.250 e. The van der Waals surface area contributed by atoms with Gasteiger partial charge in [0.1, 0.15) is 6.61 Å². The summed E-state index contributed by atoms with van der Waals surface area (Å²) < 4.78 is 6.16. The van der Waals surface area contributed by atoms with Gasteiger partial charge >= 0.3 is 0 Å². The summed E-state index contributed by atoms with van der Waals surface area (Å²) in [6.45, 7) is 0.768. The molecule has 0 atom stereocenters. The second-order valence-corrected chi connectivity index (χ2v) is 5.78. The molecule has 0 bridgehead atoms. The van der Waals surface area contributed by atoms with Gasteiger partial charge in [0.05, 0.1) is 5.69 Å². The van der Waals surface area contributed by atoms with E-state index in [9.17, 15) is 4.79 Å². The van der Waals surface area contributed by atoms with Gasteiger partial charge in [0.15, 0.2) is 0 Å². The topological polar surface area (TPSA) is 64.3 Å². The fourth-order valence-corrected chi connectivity index (χ4v) is 2.51. The molecule has 1 aromatic carbocycles. The number of rotatable bonds is 6. The maximum absolute atomic E-state index is 11.7. The van der Waals surface area contributed by atoms with Crippen LogP contribution in [0.15, 0.2) is 22.7 Å². The molecule has 1 aromatic rings. The maximum Gasteiger partial charge on any atom is 0.250 e. The van der Waals surface area contributed by atoms with Crippen molar-refractivity contribution >= 4 is 33.2 Å². The van der Waals surface area contributed by atoms with Gasteiger partial charge in [-0.25, -0.2) is 0 Å². The number of nitrogens with two attached hydrogens (primary N) is 1. The van der Waals surface area contributed by atoms with Crippen molar-refractivity contribution in [3.63, 3.8) is 0 Å². The first-order chi connectivity index (χ1) is 9.15. The van der Waals surface area contributed by atoms with Gasteiger partial charge in [-0.05, 0) is 46.5 Å². The molecule has 0 aliphatic heterocycles. The van der Waals surface area contributed by atoms with Crippen molar-refractivity contribution in [2.45, 2.75) is 25.7 Å². The number of ether oxygens (including phenoxy) is 1. The Hall–Kier alpha value is -1.07. The van der Waals surface area contributed by atoms with Crippen molar-refractivity contribution in [3.8, 4) is 0 Å². The fraction of sp³-hybridized carbons (Fsp3) is 0.500. The van der Waals surface area contributed by atoms with Crippen LogP contribution < -0.4 is 11.1 Å². The van der Waals surface area contributed by atoms with Crippen molar-refractivity contribution < 1.29 is 9.53 Å². The minimum atomic E-state index is -0.140. The predicted octanol–water partition coefficient (Wildman–Crippen LogP) is 3.18. The first-order valence-corrected chi connectivity index (χ1v) is 7.37. The molecule has 0 unspecified atom stereocenters. The molecule has 1 aliphatic rings. The Bertz CT molecular complexity index is 447. The van der Waals surface area contributed by atoms with Gasteiger partial charge in [-0.3, -0.25) is 4.79 Å². The Morgan fingerprint density at radius 3 is 2.89 bits per heavy atom. The van der Waals surface area contributed by atoms with Crippen LogP contribution in [0.2, 0.25) is 0 Å². The van der Waals surface area contributed by atoms with Crippen LogP contribution in [0.1, 0.15) is 25.7 Å². The summed E-state index contributed by atoms with van der Waals surface area (Å²) in [6.07, 6.45) is 5.04. The van der Waals surface area contributed by atoms with Crippen LogP contribution in [-0.4, -0.2) is 19.1 Å². The average molecular weight is 327 g/mol. The van der Waals surface area contributed by atoms with Gasteiger partial charge in [-0.1, -0.05) is 19.3 Å². The number of amides is 1. The molecule has 0 saturated heterocycles. The summed E-state index contributed by atoms with van der Waals surface area (Å²) in [5.74, 6) is 0.674. The Morgan fingerprint density at radius 1 is 1.47 bits per heavy atom. The highest BCUT2D eigenvalue weighted by Gasteiger charge is 2.16. The van der Waals surface area contributed by atoms with E-state index < -0.39 is 0 Å². The Labute approximate surface area is 121 Å². The molecule has 2 rings (SSSR count). The molecule has 3 N–H and O–H groups in total.